The highest BCUT2D eigenvalue weighted by Crippen LogP contribution is 2.23. The Morgan fingerprint density at radius 1 is 0.451 bits per heavy atom. The number of nitrogens with one attached hydrogen (secondary N) is 1. The summed E-state index contributed by atoms with van der Waals surface area (Å²) in [5, 5.41) is 54.3. The molecule has 7 unspecified atom stereocenters. The van der Waals surface area contributed by atoms with E-state index in [1.807, 2.05) is 6.08 Å². The maximum absolute atomic E-state index is 13.0. The molecule has 0 spiro atoms. The molecule has 7 atom stereocenters. The highest BCUT2D eigenvalue weighted by Gasteiger charge is 2.44. The van der Waals surface area contributed by atoms with Crippen LogP contribution in [0.2, 0.25) is 0 Å². The predicted molar refractivity (Wildman–Crippen MR) is 343 cm³/mol. The van der Waals surface area contributed by atoms with Crippen molar-refractivity contribution in [3.8, 4) is 0 Å². The first-order chi connectivity index (χ1) is 40.2. The average molecular weight is 1160 g/mol. The molecule has 1 heterocycles. The number of amides is 1. The number of unbranched alkanes of at least 4 members (excludes halogenated alkanes) is 41. The lowest BCUT2D eigenvalue weighted by Gasteiger charge is -2.40. The van der Waals surface area contributed by atoms with Crippen LogP contribution in [0.3, 0.4) is 0 Å². The van der Waals surface area contributed by atoms with Gasteiger partial charge in [-0.1, -0.05) is 281 Å². The highest BCUT2D eigenvalue weighted by atomic mass is 16.7. The first-order valence-corrected chi connectivity index (χ1v) is 34.9. The van der Waals surface area contributed by atoms with Gasteiger partial charge in [-0.3, -0.25) is 9.59 Å². The normalized spacial score (nSPS) is 18.5. The number of aliphatic hydroxyl groups is 5. The van der Waals surface area contributed by atoms with Gasteiger partial charge in [0.25, 0.3) is 0 Å². The van der Waals surface area contributed by atoms with Gasteiger partial charge in [-0.25, -0.2) is 0 Å². The van der Waals surface area contributed by atoms with Crippen LogP contribution in [0.25, 0.3) is 0 Å². The lowest BCUT2D eigenvalue weighted by Crippen LogP contribution is -2.60. The topological polar surface area (TPSA) is 175 Å². The Labute approximate surface area is 504 Å². The van der Waals surface area contributed by atoms with Gasteiger partial charge in [-0.2, -0.15) is 0 Å². The molecular weight excluding hydrogens is 1030 g/mol. The fraction of sp³-hybridized carbons (Fsp3) is 0.859. The van der Waals surface area contributed by atoms with Crippen molar-refractivity contribution in [2.24, 2.45) is 0 Å². The van der Waals surface area contributed by atoms with E-state index in [2.05, 4.69) is 55.6 Å². The number of rotatable bonds is 61. The minimum Gasteiger partial charge on any atom is -0.466 e. The smallest absolute Gasteiger partial charge is 0.305 e. The zero-order valence-corrected chi connectivity index (χ0v) is 53.2. The summed E-state index contributed by atoms with van der Waals surface area (Å²) >= 11 is 0. The van der Waals surface area contributed by atoms with Crippen LogP contribution in [0.15, 0.2) is 48.6 Å². The monoisotopic (exact) mass is 1160 g/mol. The van der Waals surface area contributed by atoms with E-state index < -0.39 is 49.5 Å². The molecule has 1 amide bonds. The van der Waals surface area contributed by atoms with E-state index in [-0.39, 0.29) is 18.5 Å². The molecule has 0 aromatic heterocycles. The van der Waals surface area contributed by atoms with Crippen LogP contribution in [0.5, 0.6) is 0 Å². The number of carbonyl (C=O) groups excluding carboxylic acids is 2. The molecule has 480 valence electrons. The van der Waals surface area contributed by atoms with E-state index in [4.69, 9.17) is 14.2 Å². The van der Waals surface area contributed by atoms with Gasteiger partial charge in [0.2, 0.25) is 5.91 Å². The lowest BCUT2D eigenvalue weighted by molar-refractivity contribution is -0.302. The Kier molecular flexibility index (Phi) is 57.1. The number of esters is 1. The second kappa shape index (κ2) is 60.3. The number of carbonyl (C=O) groups is 2. The second-order valence-corrected chi connectivity index (χ2v) is 24.2. The van der Waals surface area contributed by atoms with Gasteiger partial charge in [0.1, 0.15) is 24.4 Å². The Hall–Kier alpha value is -2.38. The first-order valence-electron chi connectivity index (χ1n) is 34.9. The van der Waals surface area contributed by atoms with Crippen LogP contribution >= 0.6 is 0 Å². The maximum Gasteiger partial charge on any atom is 0.305 e. The maximum atomic E-state index is 13.0. The van der Waals surface area contributed by atoms with E-state index in [1.165, 1.54) is 238 Å². The minimum absolute atomic E-state index is 0.00499. The number of hydrogen-bond acceptors (Lipinski definition) is 10. The molecule has 1 aliphatic rings. The molecule has 0 aromatic rings. The number of hydrogen-bond donors (Lipinski definition) is 6. The van der Waals surface area contributed by atoms with Crippen molar-refractivity contribution in [2.75, 3.05) is 19.8 Å². The van der Waals surface area contributed by atoms with E-state index >= 15 is 0 Å². The van der Waals surface area contributed by atoms with Gasteiger partial charge in [0.05, 0.1) is 32.0 Å². The molecule has 1 saturated heterocycles. The predicted octanol–water partition coefficient (Wildman–Crippen LogP) is 17.6. The second-order valence-electron chi connectivity index (χ2n) is 24.2. The van der Waals surface area contributed by atoms with E-state index in [1.54, 1.807) is 6.08 Å². The average Bonchev–Trinajstić information content (AvgIpc) is 3.63. The Morgan fingerprint density at radius 2 is 0.841 bits per heavy atom. The van der Waals surface area contributed by atoms with Crippen molar-refractivity contribution in [2.45, 2.75) is 371 Å². The van der Waals surface area contributed by atoms with Crippen molar-refractivity contribution >= 4 is 11.9 Å². The first kappa shape index (κ1) is 77.6. The van der Waals surface area contributed by atoms with Gasteiger partial charge in [-0.15, -0.1) is 0 Å². The van der Waals surface area contributed by atoms with E-state index in [0.717, 1.165) is 64.2 Å². The van der Waals surface area contributed by atoms with Crippen molar-refractivity contribution in [3.63, 3.8) is 0 Å². The number of allylic oxidation sites excluding steroid dienone is 7. The fourth-order valence-electron chi connectivity index (χ4n) is 10.9. The molecule has 1 rings (SSSR count). The fourth-order valence-corrected chi connectivity index (χ4v) is 10.9. The van der Waals surface area contributed by atoms with Crippen molar-refractivity contribution in [3.05, 3.63) is 48.6 Å². The van der Waals surface area contributed by atoms with Crippen LogP contribution in [0.4, 0.5) is 0 Å². The van der Waals surface area contributed by atoms with Gasteiger partial charge in [0, 0.05) is 12.8 Å². The van der Waals surface area contributed by atoms with Gasteiger partial charge < -0.3 is 45.1 Å². The van der Waals surface area contributed by atoms with Crippen LogP contribution < -0.4 is 5.32 Å². The Morgan fingerprint density at radius 3 is 1.29 bits per heavy atom. The molecule has 0 saturated carbocycles. The van der Waals surface area contributed by atoms with E-state index in [9.17, 15) is 35.1 Å². The van der Waals surface area contributed by atoms with E-state index in [0.29, 0.717) is 19.4 Å². The third-order valence-electron chi connectivity index (χ3n) is 16.4. The number of aliphatic hydroxyl groups excluding tert-OH is 5. The highest BCUT2D eigenvalue weighted by molar-refractivity contribution is 5.76. The van der Waals surface area contributed by atoms with Crippen molar-refractivity contribution < 1.29 is 49.3 Å². The quantitative estimate of drug-likeness (QED) is 0.0195. The summed E-state index contributed by atoms with van der Waals surface area (Å²) in [5.74, 6) is -0.185. The summed E-state index contributed by atoms with van der Waals surface area (Å²) < 4.78 is 16.7. The molecule has 6 N–H and O–H groups in total. The van der Waals surface area contributed by atoms with Crippen molar-refractivity contribution in [1.82, 2.24) is 5.32 Å². The number of ether oxygens (including phenoxy) is 3. The summed E-state index contributed by atoms with van der Waals surface area (Å²) in [6, 6.07) is -0.807. The van der Waals surface area contributed by atoms with Crippen LogP contribution in [-0.2, 0) is 23.8 Å². The van der Waals surface area contributed by atoms with Crippen LogP contribution in [-0.4, -0.2) is 100 Å². The molecule has 1 aliphatic heterocycles. The summed E-state index contributed by atoms with van der Waals surface area (Å²) in [6.07, 6.45) is 68.4. The molecule has 0 bridgehead atoms. The zero-order chi connectivity index (χ0) is 59.5. The third-order valence-corrected chi connectivity index (χ3v) is 16.4. The summed E-state index contributed by atoms with van der Waals surface area (Å²) in [5.41, 5.74) is 0. The Balaban J connectivity index is 1.91. The SMILES string of the molecule is CCC/C=C\C/C=C\CCCCCCCC(=O)OCCCCCCCCCCCCCC/C=C\CCCCCCCCCCCCCCCCCCC(=O)NC(COC1OC(CO)C(O)C(O)C1O)C(O)/C=C/CCCCCCCCC. The summed E-state index contributed by atoms with van der Waals surface area (Å²) in [6.45, 7) is 4.27. The molecule has 0 radical (unpaired) electrons. The van der Waals surface area contributed by atoms with Crippen LogP contribution in [0.1, 0.15) is 328 Å². The summed E-state index contributed by atoms with van der Waals surface area (Å²) in [7, 11) is 0. The summed E-state index contributed by atoms with van der Waals surface area (Å²) in [4.78, 5) is 25.1. The molecule has 0 aromatic carbocycles. The molecule has 1 fully saturated rings. The van der Waals surface area contributed by atoms with Gasteiger partial charge in [0.15, 0.2) is 6.29 Å². The molecular formula is C71H131NO10. The van der Waals surface area contributed by atoms with Gasteiger partial charge >= 0.3 is 5.97 Å². The van der Waals surface area contributed by atoms with Crippen molar-refractivity contribution in [1.29, 1.82) is 0 Å². The molecule has 82 heavy (non-hydrogen) atoms. The third kappa shape index (κ3) is 48.8. The minimum atomic E-state index is -1.57. The zero-order valence-electron chi connectivity index (χ0n) is 53.2. The molecule has 0 aliphatic carbocycles. The Bertz CT molecular complexity index is 1500. The molecule has 11 heteroatoms. The lowest BCUT2D eigenvalue weighted by atomic mass is 9.99. The largest absolute Gasteiger partial charge is 0.466 e. The van der Waals surface area contributed by atoms with Crippen LogP contribution in [0, 0.1) is 0 Å². The van der Waals surface area contributed by atoms with Gasteiger partial charge in [-0.05, 0) is 83.5 Å². The standard InChI is InChI=1S/C71H131NO10/c1-3-5-7-9-11-13-14-35-39-43-47-51-55-59-67(76)80-60-56-52-48-44-40-37-34-32-30-28-26-24-22-20-18-16-15-17-19-21-23-25-27-29-31-33-36-38-42-46-50-54-58-66(75)72-63(64(74)57-53-49-45-41-12-10-8-6-4-2)62-81-71-70(79)69(78)68(77)65(61-73)82-71/h7,9,13-14,18,20,53,57,63-65,68-71,73-74,77-79H,3-6,8,10-12,15-17,19,21-52,54-56,58-62H2,1-2H3,(H,72,75)/b9-7-,14-13-,20-18-,57-53+. The molecule has 11 nitrogen and oxygen atoms in total.